The van der Waals surface area contributed by atoms with Crippen molar-refractivity contribution in [3.8, 4) is 0 Å². The SMILES string of the molecule is CCCCCCCCCCCCC1(OP(O)O)c2c(cc(C)cc2C(C)(C)C)Sc2cc(C)cc(C(C)(C)C)c21. The third-order valence-electron chi connectivity index (χ3n) is 8.26. The van der Waals surface area contributed by atoms with E-state index >= 15 is 0 Å². The van der Waals surface area contributed by atoms with Crippen molar-refractivity contribution in [2.45, 2.75) is 159 Å². The highest BCUT2D eigenvalue weighted by molar-refractivity contribution is 7.99. The van der Waals surface area contributed by atoms with Gasteiger partial charge in [0.2, 0.25) is 0 Å². The summed E-state index contributed by atoms with van der Waals surface area (Å²) in [6.07, 6.45) is 13.4. The van der Waals surface area contributed by atoms with E-state index in [9.17, 15) is 9.79 Å². The predicted octanol–water partition coefficient (Wildman–Crippen LogP) is 11.1. The lowest BCUT2D eigenvalue weighted by Crippen LogP contribution is -2.39. The Balaban J connectivity index is 2.08. The van der Waals surface area contributed by atoms with Crippen LogP contribution in [-0.4, -0.2) is 9.79 Å². The minimum absolute atomic E-state index is 0.124. The molecular formula is C35H55O3PS. The molecule has 224 valence electrons. The van der Waals surface area contributed by atoms with Gasteiger partial charge in [-0.1, -0.05) is 130 Å². The molecule has 0 aliphatic carbocycles. The minimum Gasteiger partial charge on any atom is -0.328 e. The van der Waals surface area contributed by atoms with Crippen molar-refractivity contribution in [1.29, 1.82) is 0 Å². The molecule has 5 heteroatoms. The van der Waals surface area contributed by atoms with E-state index in [-0.39, 0.29) is 10.8 Å². The van der Waals surface area contributed by atoms with Gasteiger partial charge in [-0.25, -0.2) is 0 Å². The van der Waals surface area contributed by atoms with E-state index in [0.717, 1.165) is 30.4 Å². The number of rotatable bonds is 13. The molecule has 3 nitrogen and oxygen atoms in total. The Labute approximate surface area is 250 Å². The van der Waals surface area contributed by atoms with Gasteiger partial charge in [-0.05, 0) is 71.9 Å². The van der Waals surface area contributed by atoms with Crippen molar-refractivity contribution in [1.82, 2.24) is 0 Å². The molecule has 0 saturated heterocycles. The fourth-order valence-corrected chi connectivity index (χ4v) is 8.35. The highest BCUT2D eigenvalue weighted by atomic mass is 32.2. The molecule has 0 aromatic heterocycles. The van der Waals surface area contributed by atoms with E-state index in [1.54, 1.807) is 0 Å². The van der Waals surface area contributed by atoms with Crippen molar-refractivity contribution in [3.63, 3.8) is 0 Å². The van der Waals surface area contributed by atoms with Crippen LogP contribution in [0.2, 0.25) is 0 Å². The summed E-state index contributed by atoms with van der Waals surface area (Å²) in [7, 11) is -2.58. The van der Waals surface area contributed by atoms with E-state index in [1.807, 2.05) is 11.8 Å². The molecule has 3 rings (SSSR count). The van der Waals surface area contributed by atoms with E-state index in [1.165, 1.54) is 83.4 Å². The van der Waals surface area contributed by atoms with Crippen LogP contribution in [0.25, 0.3) is 0 Å². The van der Waals surface area contributed by atoms with Gasteiger partial charge in [0.15, 0.2) is 0 Å². The zero-order valence-electron chi connectivity index (χ0n) is 26.7. The summed E-state index contributed by atoms with van der Waals surface area (Å²) in [6, 6.07) is 9.13. The van der Waals surface area contributed by atoms with Gasteiger partial charge >= 0.3 is 8.60 Å². The lowest BCUT2D eigenvalue weighted by atomic mass is 9.69. The topological polar surface area (TPSA) is 49.7 Å². The summed E-state index contributed by atoms with van der Waals surface area (Å²) in [4.78, 5) is 23.5. The Bertz CT molecular complexity index is 1060. The Kier molecular flexibility index (Phi) is 11.8. The molecule has 0 bridgehead atoms. The number of hydrogen-bond acceptors (Lipinski definition) is 4. The number of benzene rings is 2. The molecule has 2 N–H and O–H groups in total. The monoisotopic (exact) mass is 586 g/mol. The molecule has 1 heterocycles. The van der Waals surface area contributed by atoms with Crippen LogP contribution in [0.1, 0.15) is 152 Å². The van der Waals surface area contributed by atoms with Gasteiger partial charge in [0.1, 0.15) is 5.60 Å². The average Bonchev–Trinajstić information content (AvgIpc) is 2.82. The summed E-state index contributed by atoms with van der Waals surface area (Å²) < 4.78 is 6.53. The Morgan fingerprint density at radius 2 is 1.07 bits per heavy atom. The van der Waals surface area contributed by atoms with Crippen LogP contribution >= 0.6 is 20.4 Å². The third-order valence-corrected chi connectivity index (χ3v) is 9.82. The molecule has 1 aliphatic heterocycles. The lowest BCUT2D eigenvalue weighted by molar-refractivity contribution is 0.0694. The van der Waals surface area contributed by atoms with Crippen LogP contribution in [0.15, 0.2) is 34.1 Å². The highest BCUT2D eigenvalue weighted by Crippen LogP contribution is 2.60. The number of aryl methyl sites for hydroxylation is 2. The first-order chi connectivity index (χ1) is 18.7. The molecule has 0 fully saturated rings. The number of hydrogen-bond donors (Lipinski definition) is 2. The van der Waals surface area contributed by atoms with E-state index in [4.69, 9.17) is 4.52 Å². The zero-order valence-corrected chi connectivity index (χ0v) is 28.5. The minimum atomic E-state index is -2.58. The molecule has 0 atom stereocenters. The van der Waals surface area contributed by atoms with Gasteiger partial charge in [0, 0.05) is 20.9 Å². The predicted molar refractivity (Wildman–Crippen MR) is 174 cm³/mol. The maximum atomic E-state index is 10.6. The summed E-state index contributed by atoms with van der Waals surface area (Å²) >= 11 is 1.82. The van der Waals surface area contributed by atoms with Crippen molar-refractivity contribution >= 4 is 20.4 Å². The summed E-state index contributed by atoms with van der Waals surface area (Å²) in [5.74, 6) is 0. The normalized spacial score (nSPS) is 14.9. The van der Waals surface area contributed by atoms with Gasteiger partial charge < -0.3 is 9.79 Å². The molecular weight excluding hydrogens is 531 g/mol. The molecule has 1 aliphatic rings. The third kappa shape index (κ3) is 8.13. The second kappa shape index (κ2) is 14.0. The Morgan fingerprint density at radius 1 is 0.675 bits per heavy atom. The first kappa shape index (κ1) is 33.6. The molecule has 0 radical (unpaired) electrons. The van der Waals surface area contributed by atoms with Crippen LogP contribution < -0.4 is 0 Å². The van der Waals surface area contributed by atoms with Crippen LogP contribution in [-0.2, 0) is 21.0 Å². The van der Waals surface area contributed by atoms with Gasteiger partial charge in [-0.2, -0.15) is 0 Å². The highest BCUT2D eigenvalue weighted by Gasteiger charge is 2.49. The molecule has 0 spiro atoms. The molecule has 40 heavy (non-hydrogen) atoms. The van der Waals surface area contributed by atoms with Crippen molar-refractivity contribution in [2.24, 2.45) is 0 Å². The van der Waals surface area contributed by atoms with Gasteiger partial charge in [0.05, 0.1) is 0 Å². The van der Waals surface area contributed by atoms with Crippen molar-refractivity contribution < 1.29 is 14.3 Å². The van der Waals surface area contributed by atoms with Crippen molar-refractivity contribution in [3.05, 3.63) is 57.6 Å². The smallest absolute Gasteiger partial charge is 0.328 e. The number of unbranched alkanes of at least 4 members (excludes halogenated alkanes) is 9. The second-order valence-electron chi connectivity index (χ2n) is 14.1. The maximum Gasteiger partial charge on any atom is 0.328 e. The van der Waals surface area contributed by atoms with Gasteiger partial charge in [0.25, 0.3) is 0 Å². The first-order valence-electron chi connectivity index (χ1n) is 15.6. The van der Waals surface area contributed by atoms with Crippen LogP contribution in [0.5, 0.6) is 0 Å². The average molecular weight is 587 g/mol. The van der Waals surface area contributed by atoms with Crippen molar-refractivity contribution in [2.75, 3.05) is 0 Å². The molecule has 0 saturated carbocycles. The summed E-state index contributed by atoms with van der Waals surface area (Å²) in [6.45, 7) is 20.1. The molecule has 0 amide bonds. The van der Waals surface area contributed by atoms with Crippen LogP contribution in [0.3, 0.4) is 0 Å². The van der Waals surface area contributed by atoms with Crippen LogP contribution in [0, 0.1) is 13.8 Å². The second-order valence-corrected chi connectivity index (χ2v) is 15.8. The van der Waals surface area contributed by atoms with E-state index < -0.39 is 14.2 Å². The van der Waals surface area contributed by atoms with Crippen LogP contribution in [0.4, 0.5) is 0 Å². The molecule has 2 aromatic rings. The van der Waals surface area contributed by atoms with Gasteiger partial charge in [-0.3, -0.25) is 4.52 Å². The quantitative estimate of drug-likeness (QED) is 0.181. The van der Waals surface area contributed by atoms with Gasteiger partial charge in [-0.15, -0.1) is 0 Å². The van der Waals surface area contributed by atoms with E-state index in [0.29, 0.717) is 0 Å². The standard InChI is InChI=1S/C35H55O3PS/c1-10-11-12-13-14-15-16-17-18-19-20-35(38-39(36)37)31-27(33(4,5)6)21-25(2)23-29(31)40-30-24-26(3)22-28(32(30)35)34(7,8)9/h21-24,36-37H,10-20H2,1-9H3. The fraction of sp³-hybridized carbons (Fsp3) is 0.657. The van der Waals surface area contributed by atoms with E-state index in [2.05, 4.69) is 86.6 Å². The fourth-order valence-electron chi connectivity index (χ4n) is 6.31. The lowest BCUT2D eigenvalue weighted by Gasteiger charge is -2.46. The largest absolute Gasteiger partial charge is 0.328 e. The Morgan fingerprint density at radius 3 is 1.45 bits per heavy atom. The molecule has 0 unspecified atom stereocenters. The molecule has 2 aromatic carbocycles. The Hall–Kier alpha value is -0.900. The maximum absolute atomic E-state index is 10.6. The summed E-state index contributed by atoms with van der Waals surface area (Å²) in [5.41, 5.74) is 6.07. The number of fused-ring (bicyclic) bond motifs is 2. The zero-order chi connectivity index (χ0) is 29.7. The first-order valence-corrected chi connectivity index (χ1v) is 17.5. The summed E-state index contributed by atoms with van der Waals surface area (Å²) in [5, 5.41) is 0.